The van der Waals surface area contributed by atoms with Gasteiger partial charge in [0, 0.05) is 24.6 Å². The fourth-order valence-electron chi connectivity index (χ4n) is 2.55. The first kappa shape index (κ1) is 11.8. The van der Waals surface area contributed by atoms with Gasteiger partial charge in [0.25, 0.3) is 5.91 Å². The first-order valence-corrected chi connectivity index (χ1v) is 6.29. The smallest absolute Gasteiger partial charge is 0.289 e. The van der Waals surface area contributed by atoms with Gasteiger partial charge in [0.05, 0.1) is 23.8 Å². The molecule has 0 saturated carbocycles. The molecule has 1 amide bonds. The van der Waals surface area contributed by atoms with Crippen LogP contribution in [0.15, 0.2) is 22.9 Å². The minimum atomic E-state index is -0.0527. The summed E-state index contributed by atoms with van der Waals surface area (Å²) in [4.78, 5) is 14.1. The molecule has 2 aromatic heterocycles. The van der Waals surface area contributed by atoms with Gasteiger partial charge in [-0.3, -0.25) is 9.89 Å². The lowest BCUT2D eigenvalue weighted by atomic mass is 10.0. The average molecular weight is 260 g/mol. The van der Waals surface area contributed by atoms with Gasteiger partial charge in [-0.2, -0.15) is 5.10 Å². The first-order valence-electron chi connectivity index (χ1n) is 6.29. The molecule has 1 unspecified atom stereocenters. The van der Waals surface area contributed by atoms with Crippen molar-refractivity contribution in [2.24, 2.45) is 0 Å². The molecule has 3 N–H and O–H groups in total. The van der Waals surface area contributed by atoms with Crippen LogP contribution in [0.2, 0.25) is 0 Å². The van der Waals surface area contributed by atoms with Gasteiger partial charge in [0.2, 0.25) is 0 Å². The van der Waals surface area contributed by atoms with Gasteiger partial charge in [0.15, 0.2) is 5.76 Å². The minimum absolute atomic E-state index is 0.0527. The number of anilines is 1. The molecule has 1 aliphatic rings. The lowest BCUT2D eigenvalue weighted by Gasteiger charge is -2.15. The van der Waals surface area contributed by atoms with Crippen LogP contribution in [0.5, 0.6) is 0 Å². The summed E-state index contributed by atoms with van der Waals surface area (Å²) in [5, 5.41) is 6.84. The Morgan fingerprint density at radius 3 is 3.11 bits per heavy atom. The Hall–Kier alpha value is -2.24. The molecule has 0 radical (unpaired) electrons. The summed E-state index contributed by atoms with van der Waals surface area (Å²) >= 11 is 0. The number of nitrogens with zero attached hydrogens (tertiary/aromatic N) is 2. The maximum atomic E-state index is 12.3. The number of nitrogens with two attached hydrogens (primary N) is 1. The third kappa shape index (κ3) is 1.99. The van der Waals surface area contributed by atoms with Crippen molar-refractivity contribution >= 4 is 11.6 Å². The van der Waals surface area contributed by atoms with Crippen LogP contribution in [0.1, 0.15) is 34.2 Å². The number of nitrogens with one attached hydrogen (secondary N) is 1. The number of rotatable bonds is 2. The number of aryl methyl sites for hydroxylation is 1. The topological polar surface area (TPSA) is 88.2 Å². The number of carbonyl (C=O) groups excluding carboxylic acids is 1. The van der Waals surface area contributed by atoms with Gasteiger partial charge in [0.1, 0.15) is 0 Å². The number of carbonyl (C=O) groups is 1. The highest BCUT2D eigenvalue weighted by molar-refractivity contribution is 5.93. The molecule has 1 fully saturated rings. The van der Waals surface area contributed by atoms with E-state index in [1.54, 1.807) is 23.4 Å². The molecule has 6 heteroatoms. The highest BCUT2D eigenvalue weighted by atomic mass is 16.3. The van der Waals surface area contributed by atoms with Crippen molar-refractivity contribution < 1.29 is 9.21 Å². The summed E-state index contributed by atoms with van der Waals surface area (Å²) in [5.74, 6) is 0.600. The van der Waals surface area contributed by atoms with E-state index in [1.165, 1.54) is 0 Å². The number of nitrogen functional groups attached to an aromatic ring is 1. The number of aromatic nitrogens is 2. The second kappa shape index (κ2) is 4.46. The highest BCUT2D eigenvalue weighted by Crippen LogP contribution is 2.30. The average Bonchev–Trinajstić information content (AvgIpc) is 3.08. The summed E-state index contributed by atoms with van der Waals surface area (Å²) in [5.41, 5.74) is 8.30. The molecule has 2 aromatic rings. The van der Waals surface area contributed by atoms with E-state index in [4.69, 9.17) is 10.2 Å². The maximum Gasteiger partial charge on any atom is 0.289 e. The van der Waals surface area contributed by atoms with Crippen molar-refractivity contribution in [1.29, 1.82) is 0 Å². The molecule has 3 heterocycles. The van der Waals surface area contributed by atoms with Gasteiger partial charge >= 0.3 is 0 Å². The molecule has 0 bridgehead atoms. The fourth-order valence-corrected chi connectivity index (χ4v) is 2.55. The number of furan rings is 1. The zero-order valence-corrected chi connectivity index (χ0v) is 10.7. The Labute approximate surface area is 110 Å². The van der Waals surface area contributed by atoms with Gasteiger partial charge in [-0.15, -0.1) is 0 Å². The number of likely N-dealkylation sites (tertiary alicyclic amines) is 1. The number of aromatic amines is 1. The van der Waals surface area contributed by atoms with Crippen LogP contribution >= 0.6 is 0 Å². The van der Waals surface area contributed by atoms with Crippen LogP contribution in [-0.2, 0) is 0 Å². The Morgan fingerprint density at radius 2 is 2.47 bits per heavy atom. The van der Waals surface area contributed by atoms with Crippen molar-refractivity contribution in [3.8, 4) is 0 Å². The van der Waals surface area contributed by atoms with Crippen molar-refractivity contribution in [3.63, 3.8) is 0 Å². The predicted molar refractivity (Wildman–Crippen MR) is 69.7 cm³/mol. The Balaban J connectivity index is 1.75. The van der Waals surface area contributed by atoms with Gasteiger partial charge in [-0.1, -0.05) is 0 Å². The molecule has 0 aromatic carbocycles. The molecular weight excluding hydrogens is 244 g/mol. The van der Waals surface area contributed by atoms with E-state index in [0.29, 0.717) is 24.5 Å². The van der Waals surface area contributed by atoms with E-state index >= 15 is 0 Å². The normalized spacial score (nSPS) is 19.0. The molecule has 6 nitrogen and oxygen atoms in total. The highest BCUT2D eigenvalue weighted by Gasteiger charge is 2.31. The second-order valence-corrected chi connectivity index (χ2v) is 4.91. The standard InChI is InChI=1S/C13H16N4O2/c1-8-3-5-19-12(8)13(18)17-4-2-9(7-17)11-10(14)6-15-16-11/h3,5-6,9H,2,4,7,14H2,1H3,(H,15,16). The van der Waals surface area contributed by atoms with E-state index in [1.807, 2.05) is 6.92 Å². The molecule has 0 spiro atoms. The zero-order valence-electron chi connectivity index (χ0n) is 10.7. The van der Waals surface area contributed by atoms with Crippen molar-refractivity contribution in [2.75, 3.05) is 18.8 Å². The Kier molecular flexibility index (Phi) is 2.77. The lowest BCUT2D eigenvalue weighted by Crippen LogP contribution is -2.28. The van der Waals surface area contributed by atoms with Crippen LogP contribution < -0.4 is 5.73 Å². The summed E-state index contributed by atoms with van der Waals surface area (Å²) in [7, 11) is 0. The maximum absolute atomic E-state index is 12.3. The van der Waals surface area contributed by atoms with Gasteiger partial charge < -0.3 is 15.1 Å². The third-order valence-corrected chi connectivity index (χ3v) is 3.64. The van der Waals surface area contributed by atoms with E-state index in [2.05, 4.69) is 10.2 Å². The van der Waals surface area contributed by atoms with Crippen LogP contribution in [0, 0.1) is 6.92 Å². The number of hydrogen-bond donors (Lipinski definition) is 2. The summed E-state index contributed by atoms with van der Waals surface area (Å²) in [6, 6.07) is 1.80. The van der Waals surface area contributed by atoms with E-state index in [9.17, 15) is 4.79 Å². The number of hydrogen-bond acceptors (Lipinski definition) is 4. The van der Waals surface area contributed by atoms with Crippen LogP contribution in [0.4, 0.5) is 5.69 Å². The molecule has 1 aliphatic heterocycles. The molecule has 0 aliphatic carbocycles. The van der Waals surface area contributed by atoms with Gasteiger partial charge in [-0.05, 0) is 19.4 Å². The molecule has 1 saturated heterocycles. The minimum Gasteiger partial charge on any atom is -0.459 e. The van der Waals surface area contributed by atoms with E-state index in [-0.39, 0.29) is 11.8 Å². The monoisotopic (exact) mass is 260 g/mol. The van der Waals surface area contributed by atoms with Crippen LogP contribution in [0.25, 0.3) is 0 Å². The molecule has 1 atom stereocenters. The van der Waals surface area contributed by atoms with Gasteiger partial charge in [-0.25, -0.2) is 0 Å². The molecule has 3 rings (SSSR count). The lowest BCUT2D eigenvalue weighted by molar-refractivity contribution is 0.0758. The molecular formula is C13H16N4O2. The first-order chi connectivity index (χ1) is 9.16. The largest absolute Gasteiger partial charge is 0.459 e. The number of amides is 1. The van der Waals surface area contributed by atoms with E-state index < -0.39 is 0 Å². The third-order valence-electron chi connectivity index (χ3n) is 3.64. The van der Waals surface area contributed by atoms with E-state index in [0.717, 1.165) is 17.7 Å². The SMILES string of the molecule is Cc1ccoc1C(=O)N1CCC(c2[nH]ncc2N)C1. The van der Waals surface area contributed by atoms with Crippen molar-refractivity contribution in [1.82, 2.24) is 15.1 Å². The summed E-state index contributed by atoms with van der Waals surface area (Å²) in [6.45, 7) is 3.23. The Bertz CT molecular complexity index is 601. The van der Waals surface area contributed by atoms with Crippen LogP contribution in [0.3, 0.4) is 0 Å². The molecule has 19 heavy (non-hydrogen) atoms. The predicted octanol–water partition coefficient (Wildman–Crippen LogP) is 1.52. The van der Waals surface area contributed by atoms with Crippen molar-refractivity contribution in [2.45, 2.75) is 19.3 Å². The Morgan fingerprint density at radius 1 is 1.63 bits per heavy atom. The number of H-pyrrole nitrogens is 1. The fraction of sp³-hybridized carbons (Fsp3) is 0.385. The van der Waals surface area contributed by atoms with Crippen LogP contribution in [-0.4, -0.2) is 34.1 Å². The molecule has 100 valence electrons. The second-order valence-electron chi connectivity index (χ2n) is 4.91. The summed E-state index contributed by atoms with van der Waals surface area (Å²) in [6.07, 6.45) is 4.04. The quantitative estimate of drug-likeness (QED) is 0.857. The zero-order chi connectivity index (χ0) is 13.4. The summed E-state index contributed by atoms with van der Waals surface area (Å²) < 4.78 is 5.25. The van der Waals surface area contributed by atoms with Crippen molar-refractivity contribution in [3.05, 3.63) is 35.5 Å².